The summed E-state index contributed by atoms with van der Waals surface area (Å²) in [5.41, 5.74) is 1.25. The Kier molecular flexibility index (Phi) is 5.41. The van der Waals surface area contributed by atoms with Crippen LogP contribution in [0.2, 0.25) is 0 Å². The number of hydrogen-bond acceptors (Lipinski definition) is 5. The van der Waals surface area contributed by atoms with Crippen molar-refractivity contribution in [3.8, 4) is 0 Å². The Morgan fingerprint density at radius 3 is 2.54 bits per heavy atom. The summed E-state index contributed by atoms with van der Waals surface area (Å²) in [6, 6.07) is 6.02. The molecule has 0 bridgehead atoms. The Bertz CT molecular complexity index is 778. The van der Waals surface area contributed by atoms with Crippen molar-refractivity contribution in [1.29, 1.82) is 0 Å². The van der Waals surface area contributed by atoms with E-state index in [9.17, 15) is 19.5 Å². The molecule has 0 aliphatic rings. The first-order valence-electron chi connectivity index (χ1n) is 7.40. The lowest BCUT2D eigenvalue weighted by Crippen LogP contribution is -2.47. The lowest BCUT2D eigenvalue weighted by molar-refractivity contribution is -0.141. The van der Waals surface area contributed by atoms with Crippen molar-refractivity contribution in [2.24, 2.45) is 0 Å². The molecule has 24 heavy (non-hydrogen) atoms. The third kappa shape index (κ3) is 4.03. The number of hydrogen-bond donors (Lipinski definition) is 2. The first kappa shape index (κ1) is 17.3. The second-order valence-corrected chi connectivity index (χ2v) is 5.24. The summed E-state index contributed by atoms with van der Waals surface area (Å²) >= 11 is 0. The minimum absolute atomic E-state index is 0.0559. The average molecular weight is 330 g/mol. The van der Waals surface area contributed by atoms with Gasteiger partial charge in [-0.1, -0.05) is 12.1 Å². The van der Waals surface area contributed by atoms with Gasteiger partial charge in [0.05, 0.1) is 17.2 Å². The maximum atomic E-state index is 12.7. The van der Waals surface area contributed by atoms with Gasteiger partial charge in [0.2, 0.25) is 5.91 Å². The molecule has 1 unspecified atom stereocenters. The summed E-state index contributed by atoms with van der Waals surface area (Å²) in [5, 5.41) is 11.8. The highest BCUT2D eigenvalue weighted by Crippen LogP contribution is 2.11. The molecule has 1 heterocycles. The number of aromatic nitrogens is 2. The number of rotatable bonds is 6. The van der Waals surface area contributed by atoms with Crippen LogP contribution in [0.3, 0.4) is 0 Å². The van der Waals surface area contributed by atoms with E-state index in [2.05, 4.69) is 15.3 Å². The van der Waals surface area contributed by atoms with Crippen LogP contribution in [0.1, 0.15) is 24.3 Å². The molecule has 0 saturated heterocycles. The van der Waals surface area contributed by atoms with Crippen molar-refractivity contribution < 1.29 is 19.5 Å². The number of para-hydroxylation sites is 2. The molecule has 8 heteroatoms. The van der Waals surface area contributed by atoms with Crippen LogP contribution in [-0.2, 0) is 9.59 Å². The maximum absolute atomic E-state index is 12.7. The molecule has 2 aromatic rings. The molecule has 1 aromatic heterocycles. The standard InChI is InChI=1S/C16H18N4O4/c1-10(16(23)24)20(8-7-17-11(2)21)15(22)14-9-18-12-5-3-4-6-13(12)19-14/h3-6,9-10H,7-8H2,1-2H3,(H,17,21)(H,23,24). The fourth-order valence-electron chi connectivity index (χ4n) is 2.16. The van der Waals surface area contributed by atoms with E-state index in [1.54, 1.807) is 18.2 Å². The highest BCUT2D eigenvalue weighted by molar-refractivity contribution is 5.96. The number of nitrogens with one attached hydrogen (secondary N) is 1. The summed E-state index contributed by atoms with van der Waals surface area (Å²) in [6.07, 6.45) is 1.32. The largest absolute Gasteiger partial charge is 0.480 e. The zero-order valence-corrected chi connectivity index (χ0v) is 13.4. The molecular weight excluding hydrogens is 312 g/mol. The number of carbonyl (C=O) groups excluding carboxylic acids is 2. The lowest BCUT2D eigenvalue weighted by Gasteiger charge is -2.26. The zero-order valence-electron chi connectivity index (χ0n) is 13.4. The van der Waals surface area contributed by atoms with E-state index in [1.807, 2.05) is 6.07 Å². The van der Waals surface area contributed by atoms with Crippen LogP contribution >= 0.6 is 0 Å². The smallest absolute Gasteiger partial charge is 0.326 e. The molecule has 0 spiro atoms. The second kappa shape index (κ2) is 7.49. The third-order valence-electron chi connectivity index (χ3n) is 3.48. The number of benzene rings is 1. The summed E-state index contributed by atoms with van der Waals surface area (Å²) in [6.45, 7) is 2.96. The molecule has 1 atom stereocenters. The van der Waals surface area contributed by atoms with Crippen molar-refractivity contribution in [1.82, 2.24) is 20.2 Å². The van der Waals surface area contributed by atoms with Gasteiger partial charge in [-0.25, -0.2) is 9.78 Å². The molecule has 8 nitrogen and oxygen atoms in total. The Labute approximate surface area is 138 Å². The number of aliphatic carboxylic acids is 1. The van der Waals surface area contributed by atoms with Gasteiger partial charge < -0.3 is 15.3 Å². The second-order valence-electron chi connectivity index (χ2n) is 5.24. The Morgan fingerprint density at radius 2 is 1.92 bits per heavy atom. The van der Waals surface area contributed by atoms with E-state index < -0.39 is 17.9 Å². The van der Waals surface area contributed by atoms with Crippen LogP contribution in [-0.4, -0.2) is 56.9 Å². The molecule has 1 aromatic carbocycles. The predicted molar refractivity (Wildman–Crippen MR) is 86.4 cm³/mol. The first-order chi connectivity index (χ1) is 11.4. The number of carbonyl (C=O) groups is 3. The number of amides is 2. The number of carboxylic acid groups (broad SMARTS) is 1. The van der Waals surface area contributed by atoms with Crippen molar-refractivity contribution in [2.45, 2.75) is 19.9 Å². The molecule has 2 N–H and O–H groups in total. The van der Waals surface area contributed by atoms with E-state index in [4.69, 9.17) is 0 Å². The molecule has 126 valence electrons. The van der Waals surface area contributed by atoms with Crippen molar-refractivity contribution in [2.75, 3.05) is 13.1 Å². The highest BCUT2D eigenvalue weighted by atomic mass is 16.4. The van der Waals surface area contributed by atoms with Crippen LogP contribution in [0.25, 0.3) is 11.0 Å². The number of fused-ring (bicyclic) bond motifs is 1. The van der Waals surface area contributed by atoms with Gasteiger partial charge >= 0.3 is 5.97 Å². The molecule has 0 radical (unpaired) electrons. The van der Waals surface area contributed by atoms with E-state index in [0.29, 0.717) is 11.0 Å². The third-order valence-corrected chi connectivity index (χ3v) is 3.48. The van der Waals surface area contributed by atoms with Crippen molar-refractivity contribution in [3.05, 3.63) is 36.2 Å². The molecule has 0 aliphatic heterocycles. The van der Waals surface area contributed by atoms with Crippen LogP contribution in [0.15, 0.2) is 30.5 Å². The van der Waals surface area contributed by atoms with Crippen LogP contribution in [0.5, 0.6) is 0 Å². The minimum Gasteiger partial charge on any atom is -0.480 e. The van der Waals surface area contributed by atoms with Crippen molar-refractivity contribution in [3.63, 3.8) is 0 Å². The fourth-order valence-corrected chi connectivity index (χ4v) is 2.16. The predicted octanol–water partition coefficient (Wildman–Crippen LogP) is 0.681. The molecular formula is C16H18N4O4. The first-order valence-corrected chi connectivity index (χ1v) is 7.40. The fraction of sp³-hybridized carbons (Fsp3) is 0.312. The van der Waals surface area contributed by atoms with Gasteiger partial charge in [0, 0.05) is 20.0 Å². The summed E-state index contributed by atoms with van der Waals surface area (Å²) < 4.78 is 0. The highest BCUT2D eigenvalue weighted by Gasteiger charge is 2.27. The topological polar surface area (TPSA) is 112 Å². The van der Waals surface area contributed by atoms with E-state index in [-0.39, 0.29) is 24.7 Å². The normalized spacial score (nSPS) is 11.8. The van der Waals surface area contributed by atoms with Gasteiger partial charge in [0.15, 0.2) is 0 Å². The number of nitrogens with zero attached hydrogens (tertiary/aromatic N) is 3. The minimum atomic E-state index is -1.14. The molecule has 2 amide bonds. The Balaban J connectivity index is 2.26. The van der Waals surface area contributed by atoms with E-state index >= 15 is 0 Å². The SMILES string of the molecule is CC(=O)NCCN(C(=O)c1cnc2ccccc2n1)C(C)C(=O)O. The Morgan fingerprint density at radius 1 is 1.25 bits per heavy atom. The van der Waals surface area contributed by atoms with E-state index in [1.165, 1.54) is 20.0 Å². The van der Waals surface area contributed by atoms with Gasteiger partial charge in [0.25, 0.3) is 5.91 Å². The van der Waals surface area contributed by atoms with Gasteiger partial charge in [-0.15, -0.1) is 0 Å². The van der Waals surface area contributed by atoms with E-state index in [0.717, 1.165) is 4.90 Å². The summed E-state index contributed by atoms with van der Waals surface area (Å²) in [5.74, 6) is -1.94. The van der Waals surface area contributed by atoms with Crippen LogP contribution in [0, 0.1) is 0 Å². The summed E-state index contributed by atoms with van der Waals surface area (Å²) in [7, 11) is 0. The monoisotopic (exact) mass is 330 g/mol. The Hall–Kier alpha value is -3.03. The lowest BCUT2D eigenvalue weighted by atomic mass is 10.2. The average Bonchev–Trinajstić information content (AvgIpc) is 2.56. The molecule has 2 rings (SSSR count). The van der Waals surface area contributed by atoms with Crippen LogP contribution in [0.4, 0.5) is 0 Å². The van der Waals surface area contributed by atoms with Gasteiger partial charge in [-0.2, -0.15) is 0 Å². The van der Waals surface area contributed by atoms with Crippen LogP contribution < -0.4 is 5.32 Å². The van der Waals surface area contributed by atoms with Gasteiger partial charge in [-0.3, -0.25) is 14.6 Å². The van der Waals surface area contributed by atoms with Gasteiger partial charge in [-0.05, 0) is 19.1 Å². The quantitative estimate of drug-likeness (QED) is 0.805. The zero-order chi connectivity index (χ0) is 17.7. The summed E-state index contributed by atoms with van der Waals surface area (Å²) in [4.78, 5) is 44.5. The molecule has 0 aliphatic carbocycles. The number of carboxylic acids is 1. The molecule has 0 saturated carbocycles. The van der Waals surface area contributed by atoms with Gasteiger partial charge in [0.1, 0.15) is 11.7 Å². The maximum Gasteiger partial charge on any atom is 0.326 e. The molecule has 0 fully saturated rings. The van der Waals surface area contributed by atoms with Crippen molar-refractivity contribution >= 4 is 28.8 Å².